The molecular formula is C21H18N4O3S. The Morgan fingerprint density at radius 3 is 2.59 bits per heavy atom. The summed E-state index contributed by atoms with van der Waals surface area (Å²) in [5.41, 5.74) is 2.46. The molecule has 0 unspecified atom stereocenters. The second-order valence-corrected chi connectivity index (χ2v) is 7.46. The van der Waals surface area contributed by atoms with Gasteiger partial charge in [-0.05, 0) is 35.7 Å². The van der Waals surface area contributed by atoms with Crippen LogP contribution in [-0.2, 0) is 5.75 Å². The van der Waals surface area contributed by atoms with Crippen LogP contribution in [0.3, 0.4) is 0 Å². The van der Waals surface area contributed by atoms with E-state index in [1.165, 1.54) is 36.0 Å². The summed E-state index contributed by atoms with van der Waals surface area (Å²) in [5.74, 6) is 1.64. The Balaban J connectivity index is 1.79. The van der Waals surface area contributed by atoms with Gasteiger partial charge < -0.3 is 4.74 Å². The fourth-order valence-corrected chi connectivity index (χ4v) is 3.27. The third-order valence-electron chi connectivity index (χ3n) is 3.99. The van der Waals surface area contributed by atoms with Crippen molar-refractivity contribution in [1.82, 2.24) is 9.97 Å². The van der Waals surface area contributed by atoms with Crippen LogP contribution >= 0.6 is 11.8 Å². The molecule has 0 amide bonds. The molecule has 0 aliphatic heterocycles. The zero-order valence-corrected chi connectivity index (χ0v) is 16.7. The normalized spacial score (nSPS) is 10.6. The fourth-order valence-electron chi connectivity index (χ4n) is 2.47. The molecule has 0 spiro atoms. The molecule has 0 saturated heterocycles. The van der Waals surface area contributed by atoms with E-state index in [1.54, 1.807) is 12.1 Å². The monoisotopic (exact) mass is 406 g/mol. The van der Waals surface area contributed by atoms with Gasteiger partial charge in [-0.3, -0.25) is 10.1 Å². The van der Waals surface area contributed by atoms with Gasteiger partial charge in [0.25, 0.3) is 5.69 Å². The largest absolute Gasteiger partial charge is 0.439 e. The molecule has 8 heteroatoms. The molecule has 0 atom stereocenters. The topological polar surface area (TPSA) is 102 Å². The molecule has 0 aliphatic carbocycles. The standard InChI is InChI=1S/C21H18N4O3S/c1-14(2)19-11-20(28-18-8-6-17(7-9-18)25(26)27)24-21(23-19)29-13-16-5-3-4-15(10-16)12-22/h3-11,14H,13H2,1-2H3. The molecule has 2 aromatic carbocycles. The summed E-state index contributed by atoms with van der Waals surface area (Å²) in [5, 5.41) is 20.4. The highest BCUT2D eigenvalue weighted by Crippen LogP contribution is 2.28. The highest BCUT2D eigenvalue weighted by molar-refractivity contribution is 7.98. The number of aromatic nitrogens is 2. The maximum Gasteiger partial charge on any atom is 0.269 e. The van der Waals surface area contributed by atoms with Crippen molar-refractivity contribution in [3.8, 4) is 17.7 Å². The van der Waals surface area contributed by atoms with E-state index < -0.39 is 4.92 Å². The number of hydrogen-bond donors (Lipinski definition) is 0. The Morgan fingerprint density at radius 2 is 1.93 bits per heavy atom. The lowest BCUT2D eigenvalue weighted by Gasteiger charge is -2.11. The molecule has 0 fully saturated rings. The molecule has 0 bridgehead atoms. The number of non-ortho nitro benzene ring substituents is 1. The van der Waals surface area contributed by atoms with Crippen LogP contribution in [0.25, 0.3) is 0 Å². The predicted molar refractivity (Wildman–Crippen MR) is 110 cm³/mol. The van der Waals surface area contributed by atoms with Gasteiger partial charge in [-0.25, -0.2) is 4.98 Å². The maximum absolute atomic E-state index is 10.8. The van der Waals surface area contributed by atoms with Gasteiger partial charge in [-0.1, -0.05) is 37.7 Å². The first kappa shape index (κ1) is 20.3. The van der Waals surface area contributed by atoms with E-state index in [-0.39, 0.29) is 11.6 Å². The SMILES string of the molecule is CC(C)c1cc(Oc2ccc([N+](=O)[O-])cc2)nc(SCc2cccc(C#N)c2)n1. The molecular weight excluding hydrogens is 388 g/mol. The Kier molecular flexibility index (Phi) is 6.42. The quantitative estimate of drug-likeness (QED) is 0.222. The van der Waals surface area contributed by atoms with Crippen molar-refractivity contribution in [3.05, 3.63) is 81.5 Å². The van der Waals surface area contributed by atoms with Crippen LogP contribution in [-0.4, -0.2) is 14.9 Å². The zero-order chi connectivity index (χ0) is 20.8. The van der Waals surface area contributed by atoms with E-state index in [0.717, 1.165) is 11.3 Å². The molecule has 0 aliphatic rings. The Labute approximate surface area is 172 Å². The van der Waals surface area contributed by atoms with Gasteiger partial charge in [0.05, 0.1) is 22.2 Å². The van der Waals surface area contributed by atoms with E-state index in [4.69, 9.17) is 10.00 Å². The van der Waals surface area contributed by atoms with Crippen molar-refractivity contribution in [1.29, 1.82) is 5.26 Å². The number of nitrogens with zero attached hydrogens (tertiary/aromatic N) is 4. The van der Waals surface area contributed by atoms with Crippen molar-refractivity contribution in [3.63, 3.8) is 0 Å². The van der Waals surface area contributed by atoms with E-state index in [0.29, 0.717) is 28.1 Å². The lowest BCUT2D eigenvalue weighted by molar-refractivity contribution is -0.384. The molecule has 7 nitrogen and oxygen atoms in total. The predicted octanol–water partition coefficient (Wildman–Crippen LogP) is 5.46. The Hall–Kier alpha value is -3.44. The maximum atomic E-state index is 10.8. The summed E-state index contributed by atoms with van der Waals surface area (Å²) >= 11 is 1.45. The van der Waals surface area contributed by atoms with E-state index in [9.17, 15) is 10.1 Å². The van der Waals surface area contributed by atoms with Gasteiger partial charge in [-0.15, -0.1) is 0 Å². The van der Waals surface area contributed by atoms with Crippen LogP contribution in [0.15, 0.2) is 59.8 Å². The molecule has 0 N–H and O–H groups in total. The first-order valence-electron chi connectivity index (χ1n) is 8.87. The van der Waals surface area contributed by atoms with Gasteiger partial charge in [0.1, 0.15) is 5.75 Å². The molecule has 29 heavy (non-hydrogen) atoms. The lowest BCUT2D eigenvalue weighted by atomic mass is 10.1. The molecule has 0 radical (unpaired) electrons. The van der Waals surface area contributed by atoms with Crippen LogP contribution in [0, 0.1) is 21.4 Å². The van der Waals surface area contributed by atoms with Gasteiger partial charge in [0.2, 0.25) is 5.88 Å². The first-order chi connectivity index (χ1) is 13.9. The summed E-state index contributed by atoms with van der Waals surface area (Å²) < 4.78 is 5.80. The smallest absolute Gasteiger partial charge is 0.269 e. The van der Waals surface area contributed by atoms with Crippen LogP contribution in [0.5, 0.6) is 11.6 Å². The second kappa shape index (κ2) is 9.17. The minimum Gasteiger partial charge on any atom is -0.439 e. The average Bonchev–Trinajstić information content (AvgIpc) is 2.72. The van der Waals surface area contributed by atoms with Crippen LogP contribution in [0.4, 0.5) is 5.69 Å². The minimum atomic E-state index is -0.457. The third kappa shape index (κ3) is 5.53. The molecule has 1 aromatic heterocycles. The summed E-state index contributed by atoms with van der Waals surface area (Å²) in [6, 6.07) is 17.2. The van der Waals surface area contributed by atoms with Crippen molar-refractivity contribution in [2.75, 3.05) is 0 Å². The molecule has 1 heterocycles. The lowest BCUT2D eigenvalue weighted by Crippen LogP contribution is -2.00. The average molecular weight is 406 g/mol. The molecule has 0 saturated carbocycles. The summed E-state index contributed by atoms with van der Waals surface area (Å²) in [4.78, 5) is 19.4. The summed E-state index contributed by atoms with van der Waals surface area (Å²) in [7, 11) is 0. The van der Waals surface area contributed by atoms with Gasteiger partial charge in [0.15, 0.2) is 5.16 Å². The number of nitro benzene ring substituents is 1. The Morgan fingerprint density at radius 1 is 1.17 bits per heavy atom. The molecule has 3 rings (SSSR count). The third-order valence-corrected chi connectivity index (χ3v) is 4.91. The molecule has 146 valence electrons. The summed E-state index contributed by atoms with van der Waals surface area (Å²) in [6.07, 6.45) is 0. The van der Waals surface area contributed by atoms with Crippen LogP contribution in [0.1, 0.15) is 36.6 Å². The van der Waals surface area contributed by atoms with Gasteiger partial charge in [0, 0.05) is 24.0 Å². The van der Waals surface area contributed by atoms with E-state index >= 15 is 0 Å². The zero-order valence-electron chi connectivity index (χ0n) is 15.9. The van der Waals surface area contributed by atoms with Crippen LogP contribution < -0.4 is 4.74 Å². The number of benzene rings is 2. The highest BCUT2D eigenvalue weighted by Gasteiger charge is 2.12. The van der Waals surface area contributed by atoms with E-state index in [2.05, 4.69) is 16.0 Å². The second-order valence-electron chi connectivity index (χ2n) is 6.52. The number of ether oxygens (including phenoxy) is 1. The summed E-state index contributed by atoms with van der Waals surface area (Å²) in [6.45, 7) is 4.06. The number of rotatable bonds is 7. The highest BCUT2D eigenvalue weighted by atomic mass is 32.2. The molecule has 3 aromatic rings. The van der Waals surface area contributed by atoms with Crippen molar-refractivity contribution in [2.24, 2.45) is 0 Å². The van der Waals surface area contributed by atoms with Crippen LogP contribution in [0.2, 0.25) is 0 Å². The minimum absolute atomic E-state index is 0.00116. The number of hydrogen-bond acceptors (Lipinski definition) is 7. The van der Waals surface area contributed by atoms with Crippen molar-refractivity contribution >= 4 is 17.4 Å². The van der Waals surface area contributed by atoms with E-state index in [1.807, 2.05) is 32.0 Å². The Bertz CT molecular complexity index is 1060. The number of nitriles is 1. The number of nitro groups is 1. The van der Waals surface area contributed by atoms with Crippen molar-refractivity contribution in [2.45, 2.75) is 30.7 Å². The van der Waals surface area contributed by atoms with Crippen molar-refractivity contribution < 1.29 is 9.66 Å². The number of thioether (sulfide) groups is 1. The van der Waals surface area contributed by atoms with Gasteiger partial charge in [-0.2, -0.15) is 10.2 Å². The van der Waals surface area contributed by atoms with Gasteiger partial charge >= 0.3 is 0 Å². The fraction of sp³-hybridized carbons (Fsp3) is 0.190. The first-order valence-corrected chi connectivity index (χ1v) is 9.86.